The first-order chi connectivity index (χ1) is 10.7. The number of carbonyl (C=O) groups excluding carboxylic acids is 1. The van der Waals surface area contributed by atoms with Gasteiger partial charge < -0.3 is 9.64 Å². The molecule has 4 heteroatoms. The highest BCUT2D eigenvalue weighted by Crippen LogP contribution is 2.29. The molecular formula is C18H18ClNO2. The van der Waals surface area contributed by atoms with Crippen molar-refractivity contribution in [3.63, 3.8) is 0 Å². The normalized spacial score (nSPS) is 15.1. The first-order valence-corrected chi connectivity index (χ1v) is 7.85. The largest absolute Gasteiger partial charge is 0.479 e. The van der Waals surface area contributed by atoms with Gasteiger partial charge in [-0.2, -0.15) is 0 Å². The number of nitrogens with zero attached hydrogens (tertiary/aromatic N) is 1. The average Bonchev–Trinajstić information content (AvgIpc) is 2.55. The van der Waals surface area contributed by atoms with Gasteiger partial charge in [-0.05, 0) is 43.5 Å². The van der Waals surface area contributed by atoms with Crippen molar-refractivity contribution in [2.75, 3.05) is 11.4 Å². The third kappa shape index (κ3) is 2.95. The molecule has 0 aromatic heterocycles. The number of halogens is 1. The van der Waals surface area contributed by atoms with Crippen LogP contribution in [-0.2, 0) is 11.2 Å². The van der Waals surface area contributed by atoms with E-state index in [1.54, 1.807) is 19.1 Å². The highest BCUT2D eigenvalue weighted by atomic mass is 35.5. The standard InChI is InChI=1S/C18H18ClNO2/c1-13(22-17-11-5-3-9-15(17)19)18(21)20-12-6-8-14-7-2-4-10-16(14)20/h2-5,7,9-11,13H,6,8,12H2,1H3/t13-/m1/s1. The van der Waals surface area contributed by atoms with Crippen LogP contribution in [0.1, 0.15) is 18.9 Å². The van der Waals surface area contributed by atoms with Gasteiger partial charge in [0.15, 0.2) is 6.10 Å². The number of benzene rings is 2. The van der Waals surface area contributed by atoms with E-state index >= 15 is 0 Å². The molecule has 3 rings (SSSR count). The fraction of sp³-hybridized carbons (Fsp3) is 0.278. The zero-order chi connectivity index (χ0) is 15.5. The van der Waals surface area contributed by atoms with Crippen LogP contribution in [-0.4, -0.2) is 18.6 Å². The summed E-state index contributed by atoms with van der Waals surface area (Å²) in [5.74, 6) is 0.502. The number of fused-ring (bicyclic) bond motifs is 1. The van der Waals surface area contributed by atoms with E-state index in [1.807, 2.05) is 35.2 Å². The fourth-order valence-electron chi connectivity index (χ4n) is 2.76. The average molecular weight is 316 g/mol. The molecule has 1 amide bonds. The van der Waals surface area contributed by atoms with Gasteiger partial charge in [-0.3, -0.25) is 4.79 Å². The Bertz CT molecular complexity index is 686. The van der Waals surface area contributed by atoms with Crippen LogP contribution < -0.4 is 9.64 Å². The second-order valence-corrected chi connectivity index (χ2v) is 5.82. The van der Waals surface area contributed by atoms with Gasteiger partial charge in [-0.25, -0.2) is 0 Å². The summed E-state index contributed by atoms with van der Waals surface area (Å²) < 4.78 is 5.75. The van der Waals surface area contributed by atoms with Crippen molar-refractivity contribution in [1.82, 2.24) is 0 Å². The van der Waals surface area contributed by atoms with Gasteiger partial charge >= 0.3 is 0 Å². The predicted octanol–water partition coefficient (Wildman–Crippen LogP) is 4.09. The lowest BCUT2D eigenvalue weighted by molar-refractivity contribution is -0.124. The van der Waals surface area contributed by atoms with Crippen LogP contribution in [0.5, 0.6) is 5.75 Å². The molecule has 0 N–H and O–H groups in total. The molecule has 1 aliphatic rings. The summed E-state index contributed by atoms with van der Waals surface area (Å²) in [6.45, 7) is 2.49. The van der Waals surface area contributed by atoms with E-state index in [2.05, 4.69) is 6.07 Å². The number of ether oxygens (including phenoxy) is 1. The van der Waals surface area contributed by atoms with Gasteiger partial charge in [0.1, 0.15) is 5.75 Å². The molecular weight excluding hydrogens is 298 g/mol. The first-order valence-electron chi connectivity index (χ1n) is 7.47. The van der Waals surface area contributed by atoms with Gasteiger partial charge in [-0.15, -0.1) is 0 Å². The molecule has 0 saturated carbocycles. The molecule has 0 fully saturated rings. The minimum atomic E-state index is -0.578. The predicted molar refractivity (Wildman–Crippen MR) is 88.7 cm³/mol. The van der Waals surface area contributed by atoms with Gasteiger partial charge in [0.25, 0.3) is 5.91 Å². The molecule has 2 aromatic carbocycles. The number of anilines is 1. The Balaban J connectivity index is 1.78. The van der Waals surface area contributed by atoms with Gasteiger partial charge in [0.05, 0.1) is 5.02 Å². The van der Waals surface area contributed by atoms with Crippen LogP contribution in [0, 0.1) is 0 Å². The molecule has 0 bridgehead atoms. The highest BCUT2D eigenvalue weighted by Gasteiger charge is 2.27. The summed E-state index contributed by atoms with van der Waals surface area (Å²) >= 11 is 6.09. The Kier molecular flexibility index (Phi) is 4.34. The smallest absolute Gasteiger partial charge is 0.267 e. The monoisotopic (exact) mass is 315 g/mol. The molecule has 1 atom stereocenters. The molecule has 1 heterocycles. The molecule has 22 heavy (non-hydrogen) atoms. The molecule has 0 spiro atoms. The molecule has 0 unspecified atom stereocenters. The van der Waals surface area contributed by atoms with Crippen LogP contribution in [0.4, 0.5) is 5.69 Å². The molecule has 1 aliphatic heterocycles. The third-order valence-corrected chi connectivity index (χ3v) is 4.18. The number of hydrogen-bond donors (Lipinski definition) is 0. The number of hydrogen-bond acceptors (Lipinski definition) is 2. The summed E-state index contributed by atoms with van der Waals surface area (Å²) in [4.78, 5) is 14.6. The topological polar surface area (TPSA) is 29.5 Å². The zero-order valence-corrected chi connectivity index (χ0v) is 13.2. The van der Waals surface area contributed by atoms with E-state index in [0.717, 1.165) is 25.1 Å². The zero-order valence-electron chi connectivity index (χ0n) is 12.5. The summed E-state index contributed by atoms with van der Waals surface area (Å²) in [5.41, 5.74) is 2.21. The first kappa shape index (κ1) is 14.9. The quantitative estimate of drug-likeness (QED) is 0.854. The van der Waals surface area contributed by atoms with Crippen molar-refractivity contribution in [2.24, 2.45) is 0 Å². The van der Waals surface area contributed by atoms with Crippen LogP contribution >= 0.6 is 11.6 Å². The second-order valence-electron chi connectivity index (χ2n) is 5.41. The van der Waals surface area contributed by atoms with Crippen LogP contribution in [0.15, 0.2) is 48.5 Å². The Morgan fingerprint density at radius 1 is 1.18 bits per heavy atom. The van der Waals surface area contributed by atoms with Crippen LogP contribution in [0.2, 0.25) is 5.02 Å². The Morgan fingerprint density at radius 2 is 1.91 bits per heavy atom. The van der Waals surface area contributed by atoms with E-state index in [4.69, 9.17) is 16.3 Å². The van der Waals surface area contributed by atoms with Crippen molar-refractivity contribution >= 4 is 23.2 Å². The van der Waals surface area contributed by atoms with E-state index in [9.17, 15) is 4.79 Å². The van der Waals surface area contributed by atoms with E-state index in [1.165, 1.54) is 5.56 Å². The fourth-order valence-corrected chi connectivity index (χ4v) is 2.94. The Morgan fingerprint density at radius 3 is 2.73 bits per heavy atom. The molecule has 3 nitrogen and oxygen atoms in total. The number of aryl methyl sites for hydroxylation is 1. The van der Waals surface area contributed by atoms with Crippen molar-refractivity contribution in [2.45, 2.75) is 25.9 Å². The lowest BCUT2D eigenvalue weighted by Crippen LogP contribution is -2.43. The van der Waals surface area contributed by atoms with Crippen LogP contribution in [0.25, 0.3) is 0 Å². The van der Waals surface area contributed by atoms with Gasteiger partial charge in [0.2, 0.25) is 0 Å². The van der Waals surface area contributed by atoms with Gasteiger partial charge in [-0.1, -0.05) is 41.9 Å². The van der Waals surface area contributed by atoms with E-state index < -0.39 is 6.10 Å². The maximum atomic E-state index is 12.7. The number of rotatable bonds is 3. The van der Waals surface area contributed by atoms with Crippen molar-refractivity contribution < 1.29 is 9.53 Å². The molecule has 0 radical (unpaired) electrons. The second kappa shape index (κ2) is 6.41. The minimum Gasteiger partial charge on any atom is -0.479 e. The lowest BCUT2D eigenvalue weighted by atomic mass is 10.0. The molecule has 114 valence electrons. The van der Waals surface area contributed by atoms with E-state index in [-0.39, 0.29) is 5.91 Å². The molecule has 2 aromatic rings. The van der Waals surface area contributed by atoms with E-state index in [0.29, 0.717) is 10.8 Å². The number of carbonyl (C=O) groups is 1. The number of amides is 1. The lowest BCUT2D eigenvalue weighted by Gasteiger charge is -2.31. The SMILES string of the molecule is C[C@@H](Oc1ccccc1Cl)C(=O)N1CCCc2ccccc21. The summed E-state index contributed by atoms with van der Waals surface area (Å²) in [7, 11) is 0. The minimum absolute atomic E-state index is 0.0351. The van der Waals surface area contributed by atoms with Crippen molar-refractivity contribution in [3.05, 3.63) is 59.1 Å². The maximum absolute atomic E-state index is 12.7. The Hall–Kier alpha value is -2.00. The van der Waals surface area contributed by atoms with Gasteiger partial charge in [0, 0.05) is 12.2 Å². The Labute approximate surface area is 135 Å². The van der Waals surface area contributed by atoms with Crippen molar-refractivity contribution in [1.29, 1.82) is 0 Å². The third-order valence-electron chi connectivity index (χ3n) is 3.86. The summed E-state index contributed by atoms with van der Waals surface area (Å²) in [6, 6.07) is 15.3. The summed E-state index contributed by atoms with van der Waals surface area (Å²) in [5, 5.41) is 0.515. The number of para-hydroxylation sites is 2. The maximum Gasteiger partial charge on any atom is 0.267 e. The van der Waals surface area contributed by atoms with Crippen LogP contribution in [0.3, 0.4) is 0 Å². The highest BCUT2D eigenvalue weighted by molar-refractivity contribution is 6.32. The van der Waals surface area contributed by atoms with Crippen molar-refractivity contribution in [3.8, 4) is 5.75 Å². The summed E-state index contributed by atoms with van der Waals surface area (Å²) in [6.07, 6.45) is 1.41. The molecule has 0 aliphatic carbocycles. The molecule has 0 saturated heterocycles.